The third kappa shape index (κ3) is 4.03. The Labute approximate surface area is 56.7 Å². The molecule has 0 saturated heterocycles. The van der Waals surface area contributed by atoms with Crippen molar-refractivity contribution in [2.24, 2.45) is 5.73 Å². The molecule has 2 heteroatoms. The van der Waals surface area contributed by atoms with Gasteiger partial charge in [-0.25, -0.2) is 0 Å². The quantitative estimate of drug-likeness (QED) is 0.582. The molecule has 0 fully saturated rings. The molecule has 54 valence electrons. The van der Waals surface area contributed by atoms with E-state index in [4.69, 9.17) is 10.5 Å². The summed E-state index contributed by atoms with van der Waals surface area (Å²) in [6.45, 7) is 7.20. The summed E-state index contributed by atoms with van der Waals surface area (Å²) in [7, 11) is 0. The Bertz CT molecular complexity index is 103. The summed E-state index contributed by atoms with van der Waals surface area (Å²) in [5.74, 6) is 0.987. The van der Waals surface area contributed by atoms with Crippen molar-refractivity contribution in [3.63, 3.8) is 0 Å². The minimum absolute atomic E-state index is 0.588. The van der Waals surface area contributed by atoms with Gasteiger partial charge in [0.1, 0.15) is 0 Å². The van der Waals surface area contributed by atoms with Crippen molar-refractivity contribution in [2.75, 3.05) is 13.2 Å². The molecule has 0 aromatic rings. The van der Waals surface area contributed by atoms with E-state index in [0.29, 0.717) is 13.2 Å². The van der Waals surface area contributed by atoms with Crippen molar-refractivity contribution in [1.29, 1.82) is 0 Å². The van der Waals surface area contributed by atoms with E-state index in [9.17, 15) is 0 Å². The van der Waals surface area contributed by atoms with Crippen LogP contribution in [0, 0.1) is 0 Å². The summed E-state index contributed by atoms with van der Waals surface area (Å²) >= 11 is 0. The van der Waals surface area contributed by atoms with Gasteiger partial charge in [-0.15, -0.1) is 0 Å². The highest BCUT2D eigenvalue weighted by Crippen LogP contribution is 2.01. The van der Waals surface area contributed by atoms with Gasteiger partial charge >= 0.3 is 0 Å². The summed E-state index contributed by atoms with van der Waals surface area (Å²) in [5.41, 5.74) is 6.44. The lowest BCUT2D eigenvalue weighted by Gasteiger charge is -2.04. The van der Waals surface area contributed by atoms with E-state index in [1.165, 1.54) is 5.57 Å². The molecule has 0 heterocycles. The molecule has 0 atom stereocenters. The molecule has 0 unspecified atom stereocenters. The van der Waals surface area contributed by atoms with Gasteiger partial charge in [0, 0.05) is 6.54 Å². The monoisotopic (exact) mass is 129 g/mol. The second kappa shape index (κ2) is 4.39. The van der Waals surface area contributed by atoms with Crippen LogP contribution in [0.3, 0.4) is 0 Å². The Hall–Kier alpha value is -0.500. The maximum atomic E-state index is 5.23. The van der Waals surface area contributed by atoms with Gasteiger partial charge in [0.15, 0.2) is 0 Å². The first kappa shape index (κ1) is 8.50. The average Bonchev–Trinajstić information content (AvgIpc) is 1.82. The first-order valence-electron chi connectivity index (χ1n) is 3.15. The van der Waals surface area contributed by atoms with Crippen LogP contribution in [-0.4, -0.2) is 13.2 Å². The van der Waals surface area contributed by atoms with Gasteiger partial charge < -0.3 is 10.5 Å². The molecule has 0 radical (unpaired) electrons. The number of nitrogens with two attached hydrogens (primary N) is 1. The van der Waals surface area contributed by atoms with Crippen LogP contribution in [0.5, 0.6) is 0 Å². The second-order valence-electron chi connectivity index (χ2n) is 2.19. The van der Waals surface area contributed by atoms with E-state index < -0.39 is 0 Å². The Morgan fingerprint density at radius 2 is 1.89 bits per heavy atom. The zero-order valence-corrected chi connectivity index (χ0v) is 6.40. The fourth-order valence-electron chi connectivity index (χ4n) is 0.356. The Morgan fingerprint density at radius 1 is 1.33 bits per heavy atom. The van der Waals surface area contributed by atoms with Gasteiger partial charge in [-0.3, -0.25) is 0 Å². The molecule has 0 aliphatic rings. The van der Waals surface area contributed by atoms with Crippen molar-refractivity contribution in [3.05, 3.63) is 11.3 Å². The SMILES string of the molecule is CC(C)=C(C)OCCN. The molecule has 0 saturated carbocycles. The highest BCUT2D eigenvalue weighted by Gasteiger charge is 1.89. The Morgan fingerprint density at radius 3 is 2.22 bits per heavy atom. The Kier molecular flexibility index (Phi) is 4.14. The highest BCUT2D eigenvalue weighted by molar-refractivity contribution is 4.98. The number of allylic oxidation sites excluding steroid dienone is 2. The predicted octanol–water partition coefficient (Wildman–Crippen LogP) is 1.28. The average molecular weight is 129 g/mol. The minimum atomic E-state index is 0.588. The molecular formula is C7H15NO. The Balaban J connectivity index is 3.50. The van der Waals surface area contributed by atoms with Crippen molar-refractivity contribution >= 4 is 0 Å². The molecule has 0 amide bonds. The molecule has 0 bridgehead atoms. The largest absolute Gasteiger partial charge is 0.497 e. The lowest BCUT2D eigenvalue weighted by molar-refractivity contribution is 0.219. The van der Waals surface area contributed by atoms with Gasteiger partial charge in [-0.1, -0.05) is 0 Å². The number of hydrogen-bond acceptors (Lipinski definition) is 2. The summed E-state index contributed by atoms with van der Waals surface area (Å²) in [6.07, 6.45) is 0. The minimum Gasteiger partial charge on any atom is -0.497 e. The number of ether oxygens (including phenoxy) is 1. The van der Waals surface area contributed by atoms with Crippen LogP contribution in [0.1, 0.15) is 20.8 Å². The van der Waals surface area contributed by atoms with E-state index in [1.54, 1.807) is 0 Å². The lowest BCUT2D eigenvalue weighted by atomic mass is 10.3. The van der Waals surface area contributed by atoms with Crippen molar-refractivity contribution in [3.8, 4) is 0 Å². The molecule has 2 nitrogen and oxygen atoms in total. The van der Waals surface area contributed by atoms with Gasteiger partial charge in [0.2, 0.25) is 0 Å². The maximum absolute atomic E-state index is 5.23. The normalized spacial score (nSPS) is 8.89. The summed E-state index contributed by atoms with van der Waals surface area (Å²) in [4.78, 5) is 0. The molecule has 9 heavy (non-hydrogen) atoms. The first-order valence-corrected chi connectivity index (χ1v) is 3.15. The van der Waals surface area contributed by atoms with Gasteiger partial charge in [0.05, 0.1) is 12.4 Å². The van der Waals surface area contributed by atoms with Crippen LogP contribution in [-0.2, 0) is 4.74 Å². The van der Waals surface area contributed by atoms with Crippen LogP contribution in [0.2, 0.25) is 0 Å². The molecule has 0 spiro atoms. The fourth-order valence-corrected chi connectivity index (χ4v) is 0.356. The molecule has 0 aromatic heterocycles. The van der Waals surface area contributed by atoms with Crippen molar-refractivity contribution < 1.29 is 4.74 Å². The summed E-state index contributed by atoms with van der Waals surface area (Å²) in [6, 6.07) is 0. The highest BCUT2D eigenvalue weighted by atomic mass is 16.5. The van der Waals surface area contributed by atoms with E-state index in [-0.39, 0.29) is 0 Å². The number of rotatable bonds is 3. The first-order chi connectivity index (χ1) is 4.18. The summed E-state index contributed by atoms with van der Waals surface area (Å²) in [5, 5.41) is 0. The van der Waals surface area contributed by atoms with Crippen LogP contribution in [0.4, 0.5) is 0 Å². The zero-order chi connectivity index (χ0) is 7.28. The topological polar surface area (TPSA) is 35.2 Å². The molecule has 0 rings (SSSR count). The van der Waals surface area contributed by atoms with Crippen molar-refractivity contribution in [2.45, 2.75) is 20.8 Å². The van der Waals surface area contributed by atoms with Crippen LogP contribution in [0.25, 0.3) is 0 Å². The standard InChI is InChI=1S/C7H15NO/c1-6(2)7(3)9-5-4-8/h4-5,8H2,1-3H3. The molecule has 0 aliphatic heterocycles. The third-order valence-corrected chi connectivity index (χ3v) is 1.14. The summed E-state index contributed by atoms with van der Waals surface area (Å²) < 4.78 is 5.21. The molecule has 2 N–H and O–H groups in total. The van der Waals surface area contributed by atoms with Crippen LogP contribution >= 0.6 is 0 Å². The van der Waals surface area contributed by atoms with Gasteiger partial charge in [0.25, 0.3) is 0 Å². The van der Waals surface area contributed by atoms with Crippen molar-refractivity contribution in [1.82, 2.24) is 0 Å². The van der Waals surface area contributed by atoms with Gasteiger partial charge in [-0.05, 0) is 26.3 Å². The second-order valence-corrected chi connectivity index (χ2v) is 2.19. The van der Waals surface area contributed by atoms with Crippen LogP contribution in [0.15, 0.2) is 11.3 Å². The molecular weight excluding hydrogens is 114 g/mol. The smallest absolute Gasteiger partial charge is 0.0999 e. The van der Waals surface area contributed by atoms with E-state index >= 15 is 0 Å². The number of hydrogen-bond donors (Lipinski definition) is 1. The zero-order valence-electron chi connectivity index (χ0n) is 6.40. The lowest BCUT2D eigenvalue weighted by Crippen LogP contribution is -2.07. The van der Waals surface area contributed by atoms with Crippen LogP contribution < -0.4 is 5.73 Å². The molecule has 0 aliphatic carbocycles. The maximum Gasteiger partial charge on any atom is 0.0999 e. The third-order valence-electron chi connectivity index (χ3n) is 1.14. The molecule has 0 aromatic carbocycles. The van der Waals surface area contributed by atoms with E-state index in [2.05, 4.69) is 0 Å². The van der Waals surface area contributed by atoms with Gasteiger partial charge in [-0.2, -0.15) is 0 Å². The predicted molar refractivity (Wildman–Crippen MR) is 39.1 cm³/mol. The fraction of sp³-hybridized carbons (Fsp3) is 0.714. The van der Waals surface area contributed by atoms with E-state index in [1.807, 2.05) is 20.8 Å². The van der Waals surface area contributed by atoms with E-state index in [0.717, 1.165) is 5.76 Å².